The first kappa shape index (κ1) is 11.6. The molecule has 0 spiro atoms. The first-order valence-electron chi connectivity index (χ1n) is 5.80. The highest BCUT2D eigenvalue weighted by Crippen LogP contribution is 2.31. The van der Waals surface area contributed by atoms with Crippen LogP contribution < -0.4 is 10.6 Å². The van der Waals surface area contributed by atoms with Gasteiger partial charge in [-0.05, 0) is 30.3 Å². The molecule has 3 nitrogen and oxygen atoms in total. The number of thiophene rings is 1. The molecule has 0 radical (unpaired) electrons. The summed E-state index contributed by atoms with van der Waals surface area (Å²) in [6.45, 7) is 3.49. The summed E-state index contributed by atoms with van der Waals surface area (Å²) in [5, 5.41) is 8.30. The van der Waals surface area contributed by atoms with Crippen molar-refractivity contribution in [2.24, 2.45) is 5.92 Å². The van der Waals surface area contributed by atoms with Gasteiger partial charge in [0.05, 0.1) is 5.69 Å². The third-order valence-corrected chi connectivity index (χ3v) is 3.69. The molecule has 1 aromatic heterocycles. The Kier molecular flexibility index (Phi) is 3.96. The van der Waals surface area contributed by atoms with Crippen LogP contribution in [0.15, 0.2) is 11.4 Å². The van der Waals surface area contributed by atoms with Crippen LogP contribution >= 0.6 is 11.3 Å². The summed E-state index contributed by atoms with van der Waals surface area (Å²) in [6, 6.07) is 1.96. The monoisotopic (exact) mass is 238 g/mol. The van der Waals surface area contributed by atoms with Crippen molar-refractivity contribution in [1.82, 2.24) is 5.32 Å². The number of carbonyl (C=O) groups is 1. The summed E-state index contributed by atoms with van der Waals surface area (Å²) in [5.74, 6) is 0.975. The van der Waals surface area contributed by atoms with E-state index >= 15 is 0 Å². The van der Waals surface area contributed by atoms with E-state index in [0.717, 1.165) is 24.7 Å². The van der Waals surface area contributed by atoms with Crippen LogP contribution in [0.3, 0.4) is 0 Å². The molecule has 0 atom stereocenters. The van der Waals surface area contributed by atoms with Crippen LogP contribution in [-0.2, 0) is 11.3 Å². The second kappa shape index (κ2) is 5.46. The van der Waals surface area contributed by atoms with Gasteiger partial charge in [0.15, 0.2) is 0 Å². The third-order valence-electron chi connectivity index (χ3n) is 2.77. The van der Waals surface area contributed by atoms with Crippen LogP contribution in [0.25, 0.3) is 0 Å². The Labute approximate surface area is 100 Å². The maximum absolute atomic E-state index is 11.0. The normalized spacial score (nSPS) is 15.1. The number of amides is 1. The van der Waals surface area contributed by atoms with Crippen LogP contribution in [0, 0.1) is 5.92 Å². The van der Waals surface area contributed by atoms with Crippen LogP contribution in [0.4, 0.5) is 5.69 Å². The molecule has 4 heteroatoms. The molecule has 1 fully saturated rings. The lowest BCUT2D eigenvalue weighted by Gasteiger charge is -2.05. The summed E-state index contributed by atoms with van der Waals surface area (Å²) >= 11 is 1.69. The van der Waals surface area contributed by atoms with Gasteiger partial charge >= 0.3 is 0 Å². The Morgan fingerprint density at radius 2 is 2.38 bits per heavy atom. The van der Waals surface area contributed by atoms with Crippen LogP contribution in [0.1, 0.15) is 31.1 Å². The fourth-order valence-electron chi connectivity index (χ4n) is 1.69. The van der Waals surface area contributed by atoms with Crippen LogP contribution in [0.2, 0.25) is 0 Å². The van der Waals surface area contributed by atoms with Crippen molar-refractivity contribution in [3.8, 4) is 0 Å². The fraction of sp³-hybridized carbons (Fsp3) is 0.583. The van der Waals surface area contributed by atoms with Gasteiger partial charge in [-0.25, -0.2) is 0 Å². The summed E-state index contributed by atoms with van der Waals surface area (Å²) in [7, 11) is 0. The molecule has 1 aliphatic rings. The minimum absolute atomic E-state index is 0.00219. The molecule has 0 aliphatic heterocycles. The van der Waals surface area contributed by atoms with E-state index in [-0.39, 0.29) is 5.91 Å². The van der Waals surface area contributed by atoms with E-state index in [4.69, 9.17) is 0 Å². The molecule has 0 aromatic carbocycles. The first-order chi connectivity index (χ1) is 7.75. The number of hydrogen-bond acceptors (Lipinski definition) is 3. The van der Waals surface area contributed by atoms with Gasteiger partial charge < -0.3 is 10.6 Å². The lowest BCUT2D eigenvalue weighted by atomic mass is 10.3. The Balaban J connectivity index is 1.74. The fourth-order valence-corrected chi connectivity index (χ4v) is 2.49. The van der Waals surface area contributed by atoms with Crippen molar-refractivity contribution < 1.29 is 4.79 Å². The average molecular weight is 238 g/mol. The zero-order chi connectivity index (χ0) is 11.4. The highest BCUT2D eigenvalue weighted by atomic mass is 32.1. The number of nitrogens with one attached hydrogen (secondary N) is 2. The van der Waals surface area contributed by atoms with E-state index in [1.165, 1.54) is 24.1 Å². The predicted molar refractivity (Wildman–Crippen MR) is 67.7 cm³/mol. The SMILES string of the molecule is CC(=O)Nc1ccsc1CNCCC1CC1. The smallest absolute Gasteiger partial charge is 0.221 e. The van der Waals surface area contributed by atoms with Gasteiger partial charge in [-0.2, -0.15) is 0 Å². The van der Waals surface area contributed by atoms with Crippen molar-refractivity contribution in [3.63, 3.8) is 0 Å². The van der Waals surface area contributed by atoms with Crippen molar-refractivity contribution in [2.45, 2.75) is 32.7 Å². The molecule has 0 bridgehead atoms. The van der Waals surface area contributed by atoms with Crippen LogP contribution in [-0.4, -0.2) is 12.5 Å². The predicted octanol–water partition coefficient (Wildman–Crippen LogP) is 2.60. The number of anilines is 1. The topological polar surface area (TPSA) is 41.1 Å². The van der Waals surface area contributed by atoms with Gasteiger partial charge in [0.25, 0.3) is 0 Å². The Morgan fingerprint density at radius 3 is 3.06 bits per heavy atom. The number of carbonyl (C=O) groups excluding carboxylic acids is 1. The third kappa shape index (κ3) is 3.61. The maximum atomic E-state index is 11.0. The molecule has 1 heterocycles. The highest BCUT2D eigenvalue weighted by molar-refractivity contribution is 7.10. The molecule has 1 aromatic rings. The van der Waals surface area contributed by atoms with Crippen molar-refractivity contribution in [3.05, 3.63) is 16.3 Å². The molecule has 16 heavy (non-hydrogen) atoms. The Morgan fingerprint density at radius 1 is 1.56 bits per heavy atom. The zero-order valence-corrected chi connectivity index (χ0v) is 10.4. The van der Waals surface area contributed by atoms with Gasteiger partial charge in [-0.15, -0.1) is 11.3 Å². The standard InChI is InChI=1S/C12H18N2OS/c1-9(15)14-11-5-7-16-12(11)8-13-6-4-10-2-3-10/h5,7,10,13H,2-4,6,8H2,1H3,(H,14,15). The minimum atomic E-state index is -0.00219. The van der Waals surface area contributed by atoms with E-state index in [1.54, 1.807) is 18.3 Å². The van der Waals surface area contributed by atoms with E-state index < -0.39 is 0 Å². The molecule has 1 aliphatic carbocycles. The largest absolute Gasteiger partial charge is 0.325 e. The molecule has 1 saturated carbocycles. The molecule has 2 rings (SSSR count). The number of rotatable bonds is 6. The van der Waals surface area contributed by atoms with Crippen molar-refractivity contribution in [2.75, 3.05) is 11.9 Å². The van der Waals surface area contributed by atoms with Gasteiger partial charge in [-0.1, -0.05) is 12.8 Å². The van der Waals surface area contributed by atoms with E-state index in [0.29, 0.717) is 0 Å². The first-order valence-corrected chi connectivity index (χ1v) is 6.68. The van der Waals surface area contributed by atoms with Crippen LogP contribution in [0.5, 0.6) is 0 Å². The van der Waals surface area contributed by atoms with Gasteiger partial charge in [0.2, 0.25) is 5.91 Å². The zero-order valence-electron chi connectivity index (χ0n) is 9.58. The summed E-state index contributed by atoms with van der Waals surface area (Å²) in [5.41, 5.74) is 0.955. The lowest BCUT2D eigenvalue weighted by Crippen LogP contribution is -2.16. The molecular weight excluding hydrogens is 220 g/mol. The van der Waals surface area contributed by atoms with E-state index in [2.05, 4.69) is 10.6 Å². The van der Waals surface area contributed by atoms with Crippen molar-refractivity contribution >= 4 is 22.9 Å². The summed E-state index contributed by atoms with van der Waals surface area (Å²) in [6.07, 6.45) is 4.12. The Hall–Kier alpha value is -0.870. The highest BCUT2D eigenvalue weighted by Gasteiger charge is 2.20. The minimum Gasteiger partial charge on any atom is -0.325 e. The second-order valence-corrected chi connectivity index (χ2v) is 5.35. The molecule has 1 amide bonds. The van der Waals surface area contributed by atoms with Gasteiger partial charge in [0, 0.05) is 18.3 Å². The molecular formula is C12H18N2OS. The van der Waals surface area contributed by atoms with Crippen molar-refractivity contribution in [1.29, 1.82) is 0 Å². The quantitative estimate of drug-likeness (QED) is 0.748. The summed E-state index contributed by atoms with van der Waals surface area (Å²) in [4.78, 5) is 12.2. The molecule has 2 N–H and O–H groups in total. The summed E-state index contributed by atoms with van der Waals surface area (Å²) < 4.78 is 0. The molecule has 0 unspecified atom stereocenters. The average Bonchev–Trinajstić information content (AvgIpc) is 2.95. The number of hydrogen-bond donors (Lipinski definition) is 2. The second-order valence-electron chi connectivity index (χ2n) is 4.35. The molecule has 0 saturated heterocycles. The van der Waals surface area contributed by atoms with E-state index in [1.807, 2.05) is 11.4 Å². The van der Waals surface area contributed by atoms with E-state index in [9.17, 15) is 4.79 Å². The van der Waals surface area contributed by atoms with Gasteiger partial charge in [-0.3, -0.25) is 4.79 Å². The molecule has 88 valence electrons. The van der Waals surface area contributed by atoms with Gasteiger partial charge in [0.1, 0.15) is 0 Å². The maximum Gasteiger partial charge on any atom is 0.221 e. The lowest BCUT2D eigenvalue weighted by molar-refractivity contribution is -0.114. The Bertz CT molecular complexity index is 358.